The minimum absolute atomic E-state index is 0.0418. The lowest BCUT2D eigenvalue weighted by Crippen LogP contribution is -2.64. The van der Waals surface area contributed by atoms with E-state index in [9.17, 15) is 14.7 Å². The van der Waals surface area contributed by atoms with Gasteiger partial charge in [0.25, 0.3) is 0 Å². The molecule has 8 heteroatoms. The standard InChI is InChI=1S/C28H26BrNO6/c1-2-34-25(32)26-18-27(21-11-7-4-8-12-21,22-13-15-23(29)16-14-22)35-36-28(26,33)19-30(24(26)31)17-20-9-5-3-6-10-20/h3-16,33H,2,17-19H2,1H3/t26-,27?,28+/m1/s1. The molecule has 0 saturated carbocycles. The molecule has 2 heterocycles. The maximum absolute atomic E-state index is 14.1. The van der Waals surface area contributed by atoms with Crippen molar-refractivity contribution in [1.29, 1.82) is 0 Å². The van der Waals surface area contributed by atoms with Crippen molar-refractivity contribution in [2.75, 3.05) is 13.2 Å². The first-order valence-corrected chi connectivity index (χ1v) is 12.6. The van der Waals surface area contributed by atoms with Crippen LogP contribution in [0.5, 0.6) is 0 Å². The number of esters is 1. The molecule has 5 rings (SSSR count). The van der Waals surface area contributed by atoms with Crippen molar-refractivity contribution in [2.45, 2.75) is 31.3 Å². The zero-order valence-electron chi connectivity index (χ0n) is 19.7. The number of carbonyl (C=O) groups excluding carboxylic acids is 2. The highest BCUT2D eigenvalue weighted by molar-refractivity contribution is 9.10. The summed E-state index contributed by atoms with van der Waals surface area (Å²) in [5.41, 5.74) is -1.21. The summed E-state index contributed by atoms with van der Waals surface area (Å²) in [6.45, 7) is 1.65. The number of hydrogen-bond acceptors (Lipinski definition) is 6. The van der Waals surface area contributed by atoms with Gasteiger partial charge in [0.1, 0.15) is 0 Å². The second-order valence-corrected chi connectivity index (χ2v) is 10.0. The lowest BCUT2D eigenvalue weighted by Gasteiger charge is -2.48. The van der Waals surface area contributed by atoms with Gasteiger partial charge in [-0.15, -0.1) is 0 Å². The number of β-amino-alcohol motifs (C(OH)–C–C–N with tert-alkyl or cyclic N) is 1. The van der Waals surface area contributed by atoms with Gasteiger partial charge in [0, 0.05) is 17.4 Å². The Labute approximate surface area is 217 Å². The van der Waals surface area contributed by atoms with Gasteiger partial charge in [-0.25, -0.2) is 4.89 Å². The first-order valence-electron chi connectivity index (χ1n) is 11.8. The summed E-state index contributed by atoms with van der Waals surface area (Å²) in [5, 5.41) is 11.7. The Balaban J connectivity index is 1.65. The molecule has 2 saturated heterocycles. The highest BCUT2D eigenvalue weighted by Crippen LogP contribution is 2.57. The number of amides is 1. The number of hydrogen-bond donors (Lipinski definition) is 1. The molecule has 1 unspecified atom stereocenters. The molecule has 7 nitrogen and oxygen atoms in total. The first-order chi connectivity index (χ1) is 17.3. The quantitative estimate of drug-likeness (QED) is 0.279. The van der Waals surface area contributed by atoms with Gasteiger partial charge in [0.15, 0.2) is 5.60 Å². The van der Waals surface area contributed by atoms with E-state index in [0.29, 0.717) is 11.1 Å². The lowest BCUT2D eigenvalue weighted by atomic mass is 9.67. The van der Waals surface area contributed by atoms with Crippen LogP contribution in [0.15, 0.2) is 89.4 Å². The zero-order chi connectivity index (χ0) is 25.4. The summed E-state index contributed by atoms with van der Waals surface area (Å²) in [7, 11) is 0. The molecule has 2 aliphatic rings. The Bertz CT molecular complexity index is 1250. The summed E-state index contributed by atoms with van der Waals surface area (Å²) >= 11 is 3.45. The summed E-state index contributed by atoms with van der Waals surface area (Å²) in [4.78, 5) is 41.0. The van der Waals surface area contributed by atoms with Crippen LogP contribution in [0.1, 0.15) is 30.0 Å². The van der Waals surface area contributed by atoms with Crippen LogP contribution in [0.3, 0.4) is 0 Å². The van der Waals surface area contributed by atoms with Crippen LogP contribution < -0.4 is 0 Å². The molecule has 1 N–H and O–H groups in total. The number of nitrogens with zero attached hydrogens (tertiary/aromatic N) is 1. The van der Waals surface area contributed by atoms with Crippen LogP contribution in [0, 0.1) is 5.41 Å². The summed E-state index contributed by atoms with van der Waals surface area (Å²) in [6, 6.07) is 26.0. The average molecular weight is 552 g/mol. The van der Waals surface area contributed by atoms with Crippen molar-refractivity contribution in [1.82, 2.24) is 4.90 Å². The Hall–Kier alpha value is -3.04. The number of aliphatic hydroxyl groups is 1. The third-order valence-electron chi connectivity index (χ3n) is 6.95. The van der Waals surface area contributed by atoms with Gasteiger partial charge in [-0.1, -0.05) is 88.7 Å². The third kappa shape index (κ3) is 3.85. The average Bonchev–Trinajstić information content (AvgIpc) is 3.12. The normalized spacial score (nSPS) is 27.5. The first kappa shape index (κ1) is 24.6. The van der Waals surface area contributed by atoms with Gasteiger partial charge in [0.05, 0.1) is 13.2 Å². The smallest absolute Gasteiger partial charge is 0.327 e. The molecule has 3 atom stereocenters. The fraction of sp³-hybridized carbons (Fsp3) is 0.286. The van der Waals surface area contributed by atoms with Crippen LogP contribution in [0.2, 0.25) is 0 Å². The number of ether oxygens (including phenoxy) is 1. The molecule has 0 aromatic heterocycles. The second-order valence-electron chi connectivity index (χ2n) is 9.10. The minimum atomic E-state index is -2.24. The van der Waals surface area contributed by atoms with Crippen molar-refractivity contribution in [2.24, 2.45) is 5.41 Å². The molecule has 2 aliphatic heterocycles. The highest BCUT2D eigenvalue weighted by atomic mass is 79.9. The predicted molar refractivity (Wildman–Crippen MR) is 134 cm³/mol. The molecule has 0 spiro atoms. The van der Waals surface area contributed by atoms with E-state index in [-0.39, 0.29) is 26.1 Å². The van der Waals surface area contributed by atoms with E-state index < -0.39 is 28.7 Å². The van der Waals surface area contributed by atoms with E-state index in [1.165, 1.54) is 4.90 Å². The summed E-state index contributed by atoms with van der Waals surface area (Å²) in [6.07, 6.45) is -0.203. The monoisotopic (exact) mass is 551 g/mol. The number of fused-ring (bicyclic) bond motifs is 1. The second kappa shape index (κ2) is 9.44. The topological polar surface area (TPSA) is 85.3 Å². The van der Waals surface area contributed by atoms with Crippen molar-refractivity contribution < 1.29 is 29.2 Å². The van der Waals surface area contributed by atoms with Gasteiger partial charge in [-0.05, 0) is 35.7 Å². The summed E-state index contributed by atoms with van der Waals surface area (Å²) < 4.78 is 6.27. The number of benzene rings is 3. The molecule has 0 aliphatic carbocycles. The molecule has 3 aromatic rings. The van der Waals surface area contributed by atoms with Crippen LogP contribution >= 0.6 is 15.9 Å². The number of likely N-dealkylation sites (tertiary alicyclic amines) is 1. The van der Waals surface area contributed by atoms with Gasteiger partial charge in [0.2, 0.25) is 17.1 Å². The van der Waals surface area contributed by atoms with Crippen molar-refractivity contribution in [3.05, 3.63) is 106 Å². The lowest BCUT2D eigenvalue weighted by molar-refractivity contribution is -0.497. The molecule has 36 heavy (non-hydrogen) atoms. The maximum Gasteiger partial charge on any atom is 0.327 e. The van der Waals surface area contributed by atoms with Crippen LogP contribution in [0.25, 0.3) is 0 Å². The van der Waals surface area contributed by atoms with E-state index in [4.69, 9.17) is 14.5 Å². The Kier molecular flexibility index (Phi) is 6.46. The van der Waals surface area contributed by atoms with E-state index in [0.717, 1.165) is 10.0 Å². The predicted octanol–water partition coefficient (Wildman–Crippen LogP) is 4.33. The van der Waals surface area contributed by atoms with Crippen LogP contribution in [-0.2, 0) is 36.2 Å². The fourth-order valence-corrected chi connectivity index (χ4v) is 5.42. The maximum atomic E-state index is 14.1. The van der Waals surface area contributed by atoms with Gasteiger partial charge in [-0.3, -0.25) is 9.59 Å². The molecular formula is C28H26BrNO6. The number of rotatable bonds is 6. The van der Waals surface area contributed by atoms with Gasteiger partial charge in [-0.2, -0.15) is 4.89 Å². The number of carbonyl (C=O) groups is 2. The van der Waals surface area contributed by atoms with E-state index >= 15 is 0 Å². The van der Waals surface area contributed by atoms with Crippen molar-refractivity contribution in [3.8, 4) is 0 Å². The fourth-order valence-electron chi connectivity index (χ4n) is 5.15. The van der Waals surface area contributed by atoms with Crippen LogP contribution in [-0.4, -0.2) is 40.8 Å². The SMILES string of the molecule is CCOC(=O)[C@]12CC(c3ccccc3)(c3ccc(Br)cc3)OO[C@@]1(O)CN(Cc1ccccc1)C2=O. The Morgan fingerprint density at radius 3 is 2.22 bits per heavy atom. The third-order valence-corrected chi connectivity index (χ3v) is 7.48. The summed E-state index contributed by atoms with van der Waals surface area (Å²) in [5.74, 6) is -3.64. The molecule has 3 aromatic carbocycles. The van der Waals surface area contributed by atoms with Gasteiger partial charge < -0.3 is 14.7 Å². The number of halogens is 1. The Morgan fingerprint density at radius 2 is 1.58 bits per heavy atom. The largest absolute Gasteiger partial charge is 0.465 e. The molecule has 1 amide bonds. The van der Waals surface area contributed by atoms with Gasteiger partial charge >= 0.3 is 5.97 Å². The van der Waals surface area contributed by atoms with Crippen molar-refractivity contribution in [3.63, 3.8) is 0 Å². The molecule has 2 fully saturated rings. The van der Waals surface area contributed by atoms with E-state index in [2.05, 4.69) is 15.9 Å². The van der Waals surface area contributed by atoms with Crippen molar-refractivity contribution >= 4 is 27.8 Å². The Morgan fingerprint density at radius 1 is 0.972 bits per heavy atom. The highest BCUT2D eigenvalue weighted by Gasteiger charge is 2.76. The molecular weight excluding hydrogens is 526 g/mol. The molecule has 0 bridgehead atoms. The van der Waals surface area contributed by atoms with Crippen LogP contribution in [0.4, 0.5) is 0 Å². The molecule has 0 radical (unpaired) electrons. The minimum Gasteiger partial charge on any atom is -0.465 e. The zero-order valence-corrected chi connectivity index (χ0v) is 21.3. The van der Waals surface area contributed by atoms with E-state index in [1.807, 2.05) is 84.9 Å². The molecule has 186 valence electrons. The van der Waals surface area contributed by atoms with E-state index in [1.54, 1.807) is 6.92 Å².